The third-order valence-electron chi connectivity index (χ3n) is 5.01. The Balaban J connectivity index is 1.31. The lowest BCUT2D eigenvalue weighted by molar-refractivity contribution is 0.0739. The lowest BCUT2D eigenvalue weighted by Crippen LogP contribution is -2.49. The number of rotatable bonds is 5. The van der Waals surface area contributed by atoms with Crippen molar-refractivity contribution in [2.24, 2.45) is 0 Å². The molecule has 3 aromatic rings. The molecule has 2 aromatic heterocycles. The maximum absolute atomic E-state index is 12.8. The SMILES string of the molecule is Cc1cccc(N2CCN(C(=O)c3ccc(NCc4cccnc4)nn3)CC2)c1. The molecule has 1 aliphatic heterocycles. The molecule has 1 aromatic carbocycles. The number of nitrogens with zero attached hydrogens (tertiary/aromatic N) is 5. The van der Waals surface area contributed by atoms with Gasteiger partial charge < -0.3 is 15.1 Å². The first kappa shape index (κ1) is 18.9. The monoisotopic (exact) mass is 388 g/mol. The van der Waals surface area contributed by atoms with Gasteiger partial charge in [0.25, 0.3) is 5.91 Å². The van der Waals surface area contributed by atoms with Gasteiger partial charge in [0, 0.05) is 50.8 Å². The Morgan fingerprint density at radius 2 is 1.90 bits per heavy atom. The number of aromatic nitrogens is 3. The molecule has 0 radical (unpaired) electrons. The van der Waals surface area contributed by atoms with Crippen LogP contribution in [-0.2, 0) is 6.54 Å². The second kappa shape index (κ2) is 8.68. The Bertz CT molecular complexity index is 953. The van der Waals surface area contributed by atoms with Gasteiger partial charge in [-0.25, -0.2) is 0 Å². The van der Waals surface area contributed by atoms with Crippen LogP contribution in [0.4, 0.5) is 11.5 Å². The van der Waals surface area contributed by atoms with E-state index in [0.29, 0.717) is 31.1 Å². The minimum absolute atomic E-state index is 0.0693. The lowest BCUT2D eigenvalue weighted by Gasteiger charge is -2.36. The summed E-state index contributed by atoms with van der Waals surface area (Å²) in [4.78, 5) is 21.0. The number of nitrogens with one attached hydrogen (secondary N) is 1. The first-order chi connectivity index (χ1) is 14.2. The average Bonchev–Trinajstić information content (AvgIpc) is 2.78. The van der Waals surface area contributed by atoms with Gasteiger partial charge in [0.05, 0.1) is 0 Å². The van der Waals surface area contributed by atoms with Gasteiger partial charge in [0.1, 0.15) is 5.82 Å². The van der Waals surface area contributed by atoms with E-state index in [1.807, 2.05) is 17.0 Å². The molecule has 1 fully saturated rings. The molecule has 148 valence electrons. The zero-order chi connectivity index (χ0) is 20.1. The van der Waals surface area contributed by atoms with Gasteiger partial charge >= 0.3 is 0 Å². The smallest absolute Gasteiger partial charge is 0.274 e. The first-order valence-corrected chi connectivity index (χ1v) is 9.76. The number of carbonyl (C=O) groups excluding carboxylic acids is 1. The highest BCUT2D eigenvalue weighted by atomic mass is 16.2. The van der Waals surface area contributed by atoms with Crippen molar-refractivity contribution in [3.8, 4) is 0 Å². The number of carbonyl (C=O) groups is 1. The molecule has 0 unspecified atom stereocenters. The predicted molar refractivity (Wildman–Crippen MR) is 113 cm³/mol. The molecule has 0 spiro atoms. The molecule has 1 aliphatic rings. The summed E-state index contributed by atoms with van der Waals surface area (Å²) in [7, 11) is 0. The maximum atomic E-state index is 12.8. The second-order valence-electron chi connectivity index (χ2n) is 7.14. The van der Waals surface area contributed by atoms with Gasteiger partial charge in [0.2, 0.25) is 0 Å². The molecule has 4 rings (SSSR count). The number of aryl methyl sites for hydroxylation is 1. The molecular formula is C22H24N6O. The van der Waals surface area contributed by atoms with E-state index in [4.69, 9.17) is 0 Å². The fourth-order valence-corrected chi connectivity index (χ4v) is 3.39. The second-order valence-corrected chi connectivity index (χ2v) is 7.14. The Labute approximate surface area is 170 Å². The highest BCUT2D eigenvalue weighted by Gasteiger charge is 2.23. The van der Waals surface area contributed by atoms with Gasteiger partial charge in [-0.1, -0.05) is 18.2 Å². The van der Waals surface area contributed by atoms with Crippen molar-refractivity contribution in [1.82, 2.24) is 20.1 Å². The molecule has 0 bridgehead atoms. The third kappa shape index (κ3) is 4.68. The molecule has 1 saturated heterocycles. The Morgan fingerprint density at radius 3 is 2.59 bits per heavy atom. The highest BCUT2D eigenvalue weighted by molar-refractivity contribution is 5.92. The van der Waals surface area contributed by atoms with Gasteiger partial charge in [0.15, 0.2) is 5.69 Å². The summed E-state index contributed by atoms with van der Waals surface area (Å²) in [5, 5.41) is 11.5. The standard InChI is InChI=1S/C22H24N6O/c1-17-4-2-6-19(14-17)27-10-12-28(13-11-27)22(29)20-7-8-21(26-25-20)24-16-18-5-3-9-23-15-18/h2-9,14-15H,10-13,16H2,1H3,(H,24,26). The van der Waals surface area contributed by atoms with Crippen LogP contribution in [0.3, 0.4) is 0 Å². The van der Waals surface area contributed by atoms with E-state index in [0.717, 1.165) is 18.7 Å². The minimum Gasteiger partial charge on any atom is -0.368 e. The zero-order valence-electron chi connectivity index (χ0n) is 16.5. The van der Waals surface area contributed by atoms with E-state index in [1.54, 1.807) is 24.5 Å². The number of anilines is 2. The summed E-state index contributed by atoms with van der Waals surface area (Å²) in [6, 6.07) is 15.9. The summed E-state index contributed by atoms with van der Waals surface area (Å²) >= 11 is 0. The van der Waals surface area contributed by atoms with Crippen molar-refractivity contribution in [2.45, 2.75) is 13.5 Å². The van der Waals surface area contributed by atoms with Crippen LogP contribution in [0.1, 0.15) is 21.6 Å². The summed E-state index contributed by atoms with van der Waals surface area (Å²) in [5.74, 6) is 0.565. The molecule has 29 heavy (non-hydrogen) atoms. The van der Waals surface area contributed by atoms with E-state index in [2.05, 4.69) is 56.6 Å². The van der Waals surface area contributed by atoms with Crippen LogP contribution in [0.5, 0.6) is 0 Å². The van der Waals surface area contributed by atoms with Crippen LogP contribution in [0.15, 0.2) is 60.9 Å². The van der Waals surface area contributed by atoms with Gasteiger partial charge in [-0.15, -0.1) is 10.2 Å². The number of pyridine rings is 1. The van der Waals surface area contributed by atoms with E-state index < -0.39 is 0 Å². The van der Waals surface area contributed by atoms with Crippen molar-refractivity contribution in [3.05, 3.63) is 77.7 Å². The van der Waals surface area contributed by atoms with Crippen LogP contribution in [0.2, 0.25) is 0 Å². The van der Waals surface area contributed by atoms with Gasteiger partial charge in [-0.2, -0.15) is 0 Å². The lowest BCUT2D eigenvalue weighted by atomic mass is 10.2. The van der Waals surface area contributed by atoms with E-state index in [9.17, 15) is 4.79 Å². The Kier molecular flexibility index (Phi) is 5.65. The van der Waals surface area contributed by atoms with Gasteiger partial charge in [-0.3, -0.25) is 9.78 Å². The fraction of sp³-hybridized carbons (Fsp3) is 0.273. The molecule has 7 nitrogen and oxygen atoms in total. The van der Waals surface area contributed by atoms with Crippen LogP contribution < -0.4 is 10.2 Å². The van der Waals surface area contributed by atoms with Crippen molar-refractivity contribution in [2.75, 3.05) is 36.4 Å². The summed E-state index contributed by atoms with van der Waals surface area (Å²) in [5.41, 5.74) is 3.89. The minimum atomic E-state index is -0.0693. The predicted octanol–water partition coefficient (Wildman–Crippen LogP) is 2.75. The molecule has 1 N–H and O–H groups in total. The fourth-order valence-electron chi connectivity index (χ4n) is 3.39. The molecular weight excluding hydrogens is 364 g/mol. The molecule has 0 saturated carbocycles. The molecule has 7 heteroatoms. The largest absolute Gasteiger partial charge is 0.368 e. The number of hydrogen-bond donors (Lipinski definition) is 1. The Morgan fingerprint density at radius 1 is 1.03 bits per heavy atom. The first-order valence-electron chi connectivity index (χ1n) is 9.76. The topological polar surface area (TPSA) is 74.2 Å². The summed E-state index contributed by atoms with van der Waals surface area (Å²) < 4.78 is 0. The molecule has 1 amide bonds. The van der Waals surface area contributed by atoms with E-state index >= 15 is 0 Å². The van der Waals surface area contributed by atoms with Crippen LogP contribution in [0, 0.1) is 6.92 Å². The third-order valence-corrected chi connectivity index (χ3v) is 5.01. The normalized spacial score (nSPS) is 14.0. The molecule has 0 atom stereocenters. The number of benzene rings is 1. The number of amides is 1. The number of piperazine rings is 1. The maximum Gasteiger partial charge on any atom is 0.274 e. The number of hydrogen-bond acceptors (Lipinski definition) is 6. The average molecular weight is 388 g/mol. The van der Waals surface area contributed by atoms with Crippen molar-refractivity contribution in [1.29, 1.82) is 0 Å². The molecule has 3 heterocycles. The van der Waals surface area contributed by atoms with Crippen molar-refractivity contribution >= 4 is 17.4 Å². The summed E-state index contributed by atoms with van der Waals surface area (Å²) in [6.45, 7) is 5.68. The van der Waals surface area contributed by atoms with E-state index in [-0.39, 0.29) is 5.91 Å². The highest BCUT2D eigenvalue weighted by Crippen LogP contribution is 2.18. The van der Waals surface area contributed by atoms with Crippen LogP contribution in [0.25, 0.3) is 0 Å². The van der Waals surface area contributed by atoms with Crippen molar-refractivity contribution < 1.29 is 4.79 Å². The quantitative estimate of drug-likeness (QED) is 0.724. The summed E-state index contributed by atoms with van der Waals surface area (Å²) in [6.07, 6.45) is 3.54. The van der Waals surface area contributed by atoms with Gasteiger partial charge in [-0.05, 0) is 48.4 Å². The van der Waals surface area contributed by atoms with E-state index in [1.165, 1.54) is 11.3 Å². The zero-order valence-corrected chi connectivity index (χ0v) is 16.5. The van der Waals surface area contributed by atoms with Crippen LogP contribution >= 0.6 is 0 Å². The molecule has 0 aliphatic carbocycles. The van der Waals surface area contributed by atoms with Crippen LogP contribution in [-0.4, -0.2) is 52.2 Å². The van der Waals surface area contributed by atoms with Crippen molar-refractivity contribution in [3.63, 3.8) is 0 Å². The Hall–Kier alpha value is -3.48.